The Bertz CT molecular complexity index is 1970. The second kappa shape index (κ2) is 17.9. The van der Waals surface area contributed by atoms with E-state index in [2.05, 4.69) is 75.7 Å². The summed E-state index contributed by atoms with van der Waals surface area (Å²) in [5, 5.41) is 2.67. The zero-order valence-corrected chi connectivity index (χ0v) is 37.1. The first-order valence-electron chi connectivity index (χ1n) is 20.2. The molecule has 0 aliphatic carbocycles. The third-order valence-electron chi connectivity index (χ3n) is 11.1. The highest BCUT2D eigenvalue weighted by Crippen LogP contribution is 2.49. The van der Waals surface area contributed by atoms with Gasteiger partial charge in [-0.05, 0) is 34.3 Å². The summed E-state index contributed by atoms with van der Waals surface area (Å²) in [6.07, 6.45) is -1.51. The van der Waals surface area contributed by atoms with Crippen LogP contribution in [0.15, 0.2) is 35.4 Å². The van der Waals surface area contributed by atoms with Crippen LogP contribution in [-0.2, 0) is 36.7 Å². The lowest BCUT2D eigenvalue weighted by Crippen LogP contribution is -2.66. The Hall–Kier alpha value is -3.67. The van der Waals surface area contributed by atoms with Gasteiger partial charge in [-0.2, -0.15) is 4.98 Å². The van der Waals surface area contributed by atoms with E-state index in [9.17, 15) is 19.2 Å². The number of carbonyl (C=O) groups is 3. The van der Waals surface area contributed by atoms with E-state index in [1.165, 1.54) is 11.2 Å². The van der Waals surface area contributed by atoms with Gasteiger partial charge in [-0.3, -0.25) is 38.9 Å². The van der Waals surface area contributed by atoms with Crippen molar-refractivity contribution in [2.45, 2.75) is 116 Å². The van der Waals surface area contributed by atoms with Gasteiger partial charge in [0.1, 0.15) is 25.1 Å². The van der Waals surface area contributed by atoms with Gasteiger partial charge in [0.2, 0.25) is 11.9 Å². The number of nitrogens with zero attached hydrogens (tertiary/aromatic N) is 4. The third-order valence-corrected chi connectivity index (χ3v) is 21.4. The Kier molecular flexibility index (Phi) is 13.5. The fourth-order valence-electron chi connectivity index (χ4n) is 7.96. The molecule has 318 valence electrons. The van der Waals surface area contributed by atoms with Crippen LogP contribution in [0.25, 0.3) is 11.2 Å². The molecule has 2 N–H and O–H groups in total. The average Bonchev–Trinajstić information content (AvgIpc) is 3.80. The summed E-state index contributed by atoms with van der Waals surface area (Å²) in [5.41, 5.74) is 0.817. The highest BCUT2D eigenvalue weighted by molar-refractivity contribution is 6.84. The molecule has 3 aromatic rings. The van der Waals surface area contributed by atoms with E-state index < -0.39 is 47.2 Å². The molecule has 6 rings (SSSR count). The van der Waals surface area contributed by atoms with Crippen molar-refractivity contribution >= 4 is 52.0 Å². The molecule has 4 atom stereocenters. The molecule has 1 unspecified atom stereocenters. The zero-order chi connectivity index (χ0) is 42.1. The second-order valence-corrected chi connectivity index (χ2v) is 25.4. The minimum atomic E-state index is -3.11. The van der Waals surface area contributed by atoms with Gasteiger partial charge < -0.3 is 31.9 Å². The number of aromatic nitrogens is 4. The van der Waals surface area contributed by atoms with Crippen LogP contribution in [0.5, 0.6) is 0 Å². The van der Waals surface area contributed by atoms with Gasteiger partial charge in [0.25, 0.3) is 17.4 Å². The molecule has 3 aliphatic heterocycles. The summed E-state index contributed by atoms with van der Waals surface area (Å²) in [6.45, 7) is 21.2. The first-order valence-corrected chi connectivity index (χ1v) is 24.1. The molecule has 58 heavy (non-hydrogen) atoms. The molecule has 0 saturated carbocycles. The normalized spacial score (nSPS) is 23.1. The number of benzene rings is 1. The predicted octanol–water partition coefficient (Wildman–Crippen LogP) is 5.24. The SMILES string of the molecule is CC(C)C(=O)Nc1nc2c(ncn2[C@@H]2O[C@@H]3CO[Si](C(C)C)(C(C)C)O[Si](C(C)C)(C(C)C)OC3[C@@H]2OCOCCOCCN2C(=O)c3ccccc3C2=O)c(=O)[nH]1. The fourth-order valence-corrected chi connectivity index (χ4v) is 19.2. The van der Waals surface area contributed by atoms with E-state index in [1.807, 2.05) is 0 Å². The third kappa shape index (κ3) is 8.37. The minimum Gasteiger partial charge on any atom is -0.414 e. The molecule has 0 bridgehead atoms. The van der Waals surface area contributed by atoms with Gasteiger partial charge in [0, 0.05) is 5.92 Å². The maximum atomic E-state index is 13.2. The summed E-state index contributed by atoms with van der Waals surface area (Å²) >= 11 is 0. The van der Waals surface area contributed by atoms with Crippen LogP contribution in [0.4, 0.5) is 5.95 Å². The van der Waals surface area contributed by atoms with Crippen molar-refractivity contribution < 1.29 is 46.3 Å². The standard InChI is InChI=1S/C39H58N6O11Si2/c1-22(2)34(46)42-39-41-33-30(35(47)43-39)40-20-45(33)38-32(52-21-51-18-17-50-16-15-44-36(48)27-13-11-12-14-28(27)37(44)49)31-29(54-38)19-53-57(23(3)4,24(5)6)56-58(55-31,25(7)8)26(9)10/h11-14,20,22-26,29,31-32,38H,15-19,21H2,1-10H3,(H2,41,42,43,46,47)/t29-,31?,32+,38-/m1/s1. The van der Waals surface area contributed by atoms with Crippen LogP contribution in [0, 0.1) is 5.92 Å². The lowest BCUT2D eigenvalue weighted by atomic mass is 10.1. The number of anilines is 1. The molecular weight excluding hydrogens is 785 g/mol. The van der Waals surface area contributed by atoms with Crippen molar-refractivity contribution in [1.82, 2.24) is 24.4 Å². The van der Waals surface area contributed by atoms with Gasteiger partial charge in [-0.1, -0.05) is 81.4 Å². The van der Waals surface area contributed by atoms with Crippen molar-refractivity contribution in [3.8, 4) is 0 Å². The lowest BCUT2D eigenvalue weighted by molar-refractivity contribution is -0.143. The minimum absolute atomic E-state index is 0.0190. The zero-order valence-electron chi connectivity index (χ0n) is 35.1. The second-order valence-electron chi connectivity index (χ2n) is 16.6. The van der Waals surface area contributed by atoms with Crippen LogP contribution in [-0.4, -0.2) is 117 Å². The Balaban J connectivity index is 1.23. The molecule has 0 spiro atoms. The monoisotopic (exact) mass is 842 g/mol. The van der Waals surface area contributed by atoms with Gasteiger partial charge in [0.15, 0.2) is 17.4 Å². The van der Waals surface area contributed by atoms with Crippen LogP contribution in [0.1, 0.15) is 96.2 Å². The van der Waals surface area contributed by atoms with Crippen LogP contribution >= 0.6 is 0 Å². The number of hydrogen-bond acceptors (Lipinski definition) is 13. The number of hydrogen-bond donors (Lipinski definition) is 2. The van der Waals surface area contributed by atoms with E-state index in [-0.39, 0.29) is 103 Å². The van der Waals surface area contributed by atoms with Gasteiger partial charge in [-0.15, -0.1) is 0 Å². The number of ether oxygens (including phenoxy) is 4. The summed E-state index contributed by atoms with van der Waals surface area (Å²) in [7, 11) is -6.01. The number of fused-ring (bicyclic) bond motifs is 3. The number of aromatic amines is 1. The molecule has 17 nitrogen and oxygen atoms in total. The molecular formula is C39H58N6O11Si2. The number of rotatable bonds is 16. The van der Waals surface area contributed by atoms with Gasteiger partial charge in [0.05, 0.1) is 50.4 Å². The maximum absolute atomic E-state index is 13.2. The summed E-state index contributed by atoms with van der Waals surface area (Å²) in [6, 6.07) is 6.75. The average molecular weight is 843 g/mol. The van der Waals surface area contributed by atoms with Gasteiger partial charge >= 0.3 is 17.1 Å². The van der Waals surface area contributed by atoms with E-state index in [4.69, 9.17) is 31.9 Å². The predicted molar refractivity (Wildman–Crippen MR) is 218 cm³/mol. The number of H-pyrrole nitrogens is 1. The molecule has 1 aromatic carbocycles. The highest BCUT2D eigenvalue weighted by Gasteiger charge is 2.62. The quantitative estimate of drug-likeness (QED) is 0.0824. The van der Waals surface area contributed by atoms with Crippen molar-refractivity contribution in [2.24, 2.45) is 5.92 Å². The number of nitrogens with one attached hydrogen (secondary N) is 2. The van der Waals surface area contributed by atoms with Gasteiger partial charge in [-0.25, -0.2) is 4.98 Å². The molecule has 2 fully saturated rings. The van der Waals surface area contributed by atoms with E-state index in [0.717, 1.165) is 0 Å². The summed E-state index contributed by atoms with van der Waals surface area (Å²) in [5.74, 6) is -1.35. The lowest BCUT2D eigenvalue weighted by Gasteiger charge is -2.51. The van der Waals surface area contributed by atoms with Crippen LogP contribution in [0.2, 0.25) is 22.2 Å². The molecule has 3 aliphatic rings. The topological polar surface area (TPSA) is 195 Å². The Labute approximate surface area is 340 Å². The fraction of sp³-hybridized carbons (Fsp3) is 0.641. The van der Waals surface area contributed by atoms with E-state index in [0.29, 0.717) is 11.1 Å². The van der Waals surface area contributed by atoms with E-state index in [1.54, 1.807) is 42.7 Å². The largest absolute Gasteiger partial charge is 0.414 e. The molecule has 2 saturated heterocycles. The Morgan fingerprint density at radius 2 is 1.52 bits per heavy atom. The molecule has 0 radical (unpaired) electrons. The number of carbonyl (C=O) groups excluding carboxylic acids is 3. The highest BCUT2D eigenvalue weighted by atomic mass is 28.5. The van der Waals surface area contributed by atoms with Crippen LogP contribution in [0.3, 0.4) is 0 Å². The van der Waals surface area contributed by atoms with E-state index >= 15 is 0 Å². The molecule has 19 heteroatoms. The molecule has 2 aromatic heterocycles. The maximum Gasteiger partial charge on any atom is 0.335 e. The first-order chi connectivity index (χ1) is 27.5. The van der Waals surface area contributed by atoms with Crippen LogP contribution < -0.4 is 10.9 Å². The Morgan fingerprint density at radius 1 is 0.897 bits per heavy atom. The van der Waals surface area contributed by atoms with Crippen molar-refractivity contribution in [3.05, 3.63) is 52.1 Å². The summed E-state index contributed by atoms with van der Waals surface area (Å²) in [4.78, 5) is 64.0. The molecule has 3 amide bonds. The number of amides is 3. The number of imidazole rings is 1. The first kappa shape index (κ1) is 43.9. The van der Waals surface area contributed by atoms with Crippen molar-refractivity contribution in [2.75, 3.05) is 45.1 Å². The van der Waals surface area contributed by atoms with Crippen molar-refractivity contribution in [3.63, 3.8) is 0 Å². The molecule has 5 heterocycles. The van der Waals surface area contributed by atoms with Crippen molar-refractivity contribution in [1.29, 1.82) is 0 Å². The Morgan fingerprint density at radius 3 is 2.12 bits per heavy atom. The number of imide groups is 1. The smallest absolute Gasteiger partial charge is 0.335 e. The summed E-state index contributed by atoms with van der Waals surface area (Å²) < 4.78 is 48.4.